The number of nitrogens with one attached hydrogen (secondary N) is 2. The molecule has 112 valence electrons. The molecule has 0 aliphatic carbocycles. The first-order chi connectivity index (χ1) is 9.97. The maximum absolute atomic E-state index is 11.4. The SMILES string of the molecule is CCNc1cc(Sc2nc(N)cc(=O)[nH]2)nc(C(C)C)n1. The molecule has 7 nitrogen and oxygen atoms in total. The summed E-state index contributed by atoms with van der Waals surface area (Å²) in [4.78, 5) is 27.1. The molecule has 4 N–H and O–H groups in total. The lowest BCUT2D eigenvalue weighted by Crippen LogP contribution is -2.10. The number of hydrogen-bond donors (Lipinski definition) is 3. The van der Waals surface area contributed by atoms with E-state index < -0.39 is 0 Å². The molecular weight excluding hydrogens is 288 g/mol. The summed E-state index contributed by atoms with van der Waals surface area (Å²) in [7, 11) is 0. The van der Waals surface area contributed by atoms with Crippen LogP contribution in [0.1, 0.15) is 32.5 Å². The van der Waals surface area contributed by atoms with Gasteiger partial charge >= 0.3 is 0 Å². The van der Waals surface area contributed by atoms with Gasteiger partial charge in [0, 0.05) is 24.6 Å². The first-order valence-corrected chi connectivity index (χ1v) is 7.47. The Balaban J connectivity index is 2.35. The van der Waals surface area contributed by atoms with Crippen LogP contribution in [0.15, 0.2) is 27.1 Å². The van der Waals surface area contributed by atoms with Gasteiger partial charge in [0.15, 0.2) is 5.16 Å². The molecule has 0 bridgehead atoms. The lowest BCUT2D eigenvalue weighted by atomic mass is 10.2. The second kappa shape index (κ2) is 6.57. The van der Waals surface area contributed by atoms with E-state index in [1.54, 1.807) is 0 Å². The number of hydrogen-bond acceptors (Lipinski definition) is 7. The van der Waals surface area contributed by atoms with Crippen molar-refractivity contribution in [1.82, 2.24) is 19.9 Å². The van der Waals surface area contributed by atoms with Crippen molar-refractivity contribution in [1.29, 1.82) is 0 Å². The first kappa shape index (κ1) is 15.3. The average Bonchev–Trinajstić information content (AvgIpc) is 2.37. The molecule has 8 heteroatoms. The van der Waals surface area contributed by atoms with Crippen molar-refractivity contribution in [2.24, 2.45) is 0 Å². The minimum Gasteiger partial charge on any atom is -0.383 e. The number of nitrogens with zero attached hydrogens (tertiary/aromatic N) is 3. The van der Waals surface area contributed by atoms with Crippen LogP contribution in [-0.2, 0) is 0 Å². The second-order valence-corrected chi connectivity index (χ2v) is 5.72. The van der Waals surface area contributed by atoms with E-state index in [-0.39, 0.29) is 17.3 Å². The number of H-pyrrole nitrogens is 1. The average molecular weight is 306 g/mol. The van der Waals surface area contributed by atoms with Gasteiger partial charge in [0.1, 0.15) is 22.5 Å². The maximum atomic E-state index is 11.4. The molecule has 0 aliphatic rings. The number of aromatic amines is 1. The molecule has 0 atom stereocenters. The van der Waals surface area contributed by atoms with E-state index in [1.807, 2.05) is 26.8 Å². The zero-order valence-electron chi connectivity index (χ0n) is 12.2. The predicted octanol–water partition coefficient (Wildman–Crippen LogP) is 1.85. The molecule has 0 fully saturated rings. The smallest absolute Gasteiger partial charge is 0.253 e. The molecule has 0 spiro atoms. The molecular formula is C13H18N6OS. The van der Waals surface area contributed by atoms with Crippen molar-refractivity contribution in [3.8, 4) is 0 Å². The predicted molar refractivity (Wildman–Crippen MR) is 83.7 cm³/mol. The van der Waals surface area contributed by atoms with Gasteiger partial charge in [-0.15, -0.1) is 0 Å². The minimum absolute atomic E-state index is 0.186. The van der Waals surface area contributed by atoms with Gasteiger partial charge in [-0.25, -0.2) is 15.0 Å². The Hall–Kier alpha value is -2.09. The third-order valence-corrected chi connectivity index (χ3v) is 3.34. The van der Waals surface area contributed by atoms with Crippen LogP contribution in [0.3, 0.4) is 0 Å². The van der Waals surface area contributed by atoms with Crippen molar-refractivity contribution in [3.05, 3.63) is 28.3 Å². The van der Waals surface area contributed by atoms with Gasteiger partial charge in [-0.2, -0.15) is 0 Å². The molecule has 21 heavy (non-hydrogen) atoms. The van der Waals surface area contributed by atoms with Crippen molar-refractivity contribution in [2.75, 3.05) is 17.6 Å². The third kappa shape index (κ3) is 4.19. The van der Waals surface area contributed by atoms with Crippen LogP contribution in [0.4, 0.5) is 11.6 Å². The molecule has 2 heterocycles. The van der Waals surface area contributed by atoms with E-state index in [0.29, 0.717) is 10.2 Å². The Morgan fingerprint density at radius 1 is 1.33 bits per heavy atom. The van der Waals surface area contributed by atoms with E-state index in [9.17, 15) is 4.79 Å². The highest BCUT2D eigenvalue weighted by molar-refractivity contribution is 7.99. The molecule has 2 aromatic heterocycles. The monoisotopic (exact) mass is 306 g/mol. The molecule has 0 unspecified atom stereocenters. The van der Waals surface area contributed by atoms with Gasteiger partial charge in [-0.3, -0.25) is 4.79 Å². The summed E-state index contributed by atoms with van der Waals surface area (Å²) in [6.07, 6.45) is 0. The van der Waals surface area contributed by atoms with Gasteiger partial charge in [-0.1, -0.05) is 13.8 Å². The van der Waals surface area contributed by atoms with Crippen LogP contribution in [0, 0.1) is 0 Å². The summed E-state index contributed by atoms with van der Waals surface area (Å²) in [5.74, 6) is 1.88. The second-order valence-electron chi connectivity index (χ2n) is 4.71. The molecule has 0 amide bonds. The fraction of sp³-hybridized carbons (Fsp3) is 0.385. The van der Waals surface area contributed by atoms with Gasteiger partial charge in [0.05, 0.1) is 0 Å². The molecule has 0 aliphatic heterocycles. The quantitative estimate of drug-likeness (QED) is 0.571. The Bertz CT molecular complexity index is 685. The van der Waals surface area contributed by atoms with Crippen LogP contribution in [0.5, 0.6) is 0 Å². The fourth-order valence-corrected chi connectivity index (χ4v) is 2.44. The van der Waals surface area contributed by atoms with Crippen LogP contribution in [-0.4, -0.2) is 26.5 Å². The molecule has 2 rings (SSSR count). The topological polar surface area (TPSA) is 110 Å². The molecule has 0 radical (unpaired) electrons. The lowest BCUT2D eigenvalue weighted by molar-refractivity contribution is 0.753. The minimum atomic E-state index is -0.282. The van der Waals surface area contributed by atoms with Crippen LogP contribution < -0.4 is 16.6 Å². The highest BCUT2D eigenvalue weighted by Gasteiger charge is 2.10. The molecule has 0 saturated heterocycles. The van der Waals surface area contributed by atoms with E-state index in [1.165, 1.54) is 17.8 Å². The van der Waals surface area contributed by atoms with E-state index in [4.69, 9.17) is 5.73 Å². The lowest BCUT2D eigenvalue weighted by Gasteiger charge is -2.10. The number of nitrogens with two attached hydrogens (primary N) is 1. The highest BCUT2D eigenvalue weighted by atomic mass is 32.2. The zero-order valence-corrected chi connectivity index (χ0v) is 13.0. The van der Waals surface area contributed by atoms with E-state index in [0.717, 1.165) is 18.2 Å². The van der Waals surface area contributed by atoms with Crippen molar-refractivity contribution in [2.45, 2.75) is 36.9 Å². The molecule has 2 aromatic rings. The van der Waals surface area contributed by atoms with E-state index in [2.05, 4.69) is 25.3 Å². The summed E-state index contributed by atoms with van der Waals surface area (Å²) in [5.41, 5.74) is 5.30. The number of anilines is 2. The summed E-state index contributed by atoms with van der Waals surface area (Å²) in [6, 6.07) is 3.07. The fourth-order valence-electron chi connectivity index (χ4n) is 1.63. The number of nitrogen functional groups attached to an aromatic ring is 1. The Labute approximate surface area is 126 Å². The first-order valence-electron chi connectivity index (χ1n) is 6.65. The van der Waals surface area contributed by atoms with Gasteiger partial charge in [0.2, 0.25) is 0 Å². The van der Waals surface area contributed by atoms with Crippen LogP contribution in [0.2, 0.25) is 0 Å². The zero-order chi connectivity index (χ0) is 15.4. The third-order valence-electron chi connectivity index (χ3n) is 2.54. The van der Waals surface area contributed by atoms with Crippen molar-refractivity contribution < 1.29 is 0 Å². The van der Waals surface area contributed by atoms with Crippen molar-refractivity contribution in [3.63, 3.8) is 0 Å². The van der Waals surface area contributed by atoms with E-state index >= 15 is 0 Å². The molecule has 0 aromatic carbocycles. The summed E-state index contributed by atoms with van der Waals surface area (Å²) in [5, 5.41) is 4.29. The van der Waals surface area contributed by atoms with Gasteiger partial charge in [-0.05, 0) is 18.7 Å². The maximum Gasteiger partial charge on any atom is 0.253 e. The number of aromatic nitrogens is 4. The summed E-state index contributed by atoms with van der Waals surface area (Å²) < 4.78 is 0. The van der Waals surface area contributed by atoms with Gasteiger partial charge < -0.3 is 16.0 Å². The normalized spacial score (nSPS) is 10.9. The molecule has 0 saturated carbocycles. The largest absolute Gasteiger partial charge is 0.383 e. The van der Waals surface area contributed by atoms with Crippen LogP contribution in [0.25, 0.3) is 0 Å². The number of rotatable bonds is 5. The standard InChI is InChI=1S/C13H18N6OS/c1-4-15-9-6-11(19-12(17-9)7(2)3)21-13-16-8(14)5-10(20)18-13/h5-7H,4H2,1-3H3,(H,15,17,19)(H3,14,16,18,20). The Kier molecular flexibility index (Phi) is 4.79. The highest BCUT2D eigenvalue weighted by Crippen LogP contribution is 2.25. The van der Waals surface area contributed by atoms with Crippen molar-refractivity contribution >= 4 is 23.4 Å². The van der Waals surface area contributed by atoms with Gasteiger partial charge in [0.25, 0.3) is 5.56 Å². The summed E-state index contributed by atoms with van der Waals surface area (Å²) >= 11 is 1.25. The summed E-state index contributed by atoms with van der Waals surface area (Å²) in [6.45, 7) is 6.83. The Morgan fingerprint density at radius 3 is 2.71 bits per heavy atom. The van der Waals surface area contributed by atoms with Crippen LogP contribution >= 0.6 is 11.8 Å². The Morgan fingerprint density at radius 2 is 2.10 bits per heavy atom.